The average molecular weight is 538 g/mol. The van der Waals surface area contributed by atoms with E-state index < -0.39 is 11.8 Å². The summed E-state index contributed by atoms with van der Waals surface area (Å²) in [6.45, 7) is 10.6. The van der Waals surface area contributed by atoms with Crippen LogP contribution in [0.2, 0.25) is 0 Å². The van der Waals surface area contributed by atoms with Gasteiger partial charge in [0.25, 0.3) is 5.91 Å². The van der Waals surface area contributed by atoms with E-state index in [2.05, 4.69) is 33.9 Å². The molecule has 3 atom stereocenters. The topological polar surface area (TPSA) is 69.6 Å². The van der Waals surface area contributed by atoms with Gasteiger partial charge in [0.05, 0.1) is 17.0 Å². The Morgan fingerprint density at radius 3 is 2.10 bits per heavy atom. The molecule has 208 valence electrons. The maximum absolute atomic E-state index is 13.4. The van der Waals surface area contributed by atoms with E-state index in [1.54, 1.807) is 4.90 Å². The molecule has 1 saturated carbocycles. The van der Waals surface area contributed by atoms with E-state index in [1.807, 2.05) is 36.9 Å². The number of carbonyl (C=O) groups is 2. The van der Waals surface area contributed by atoms with Crippen LogP contribution in [0.5, 0.6) is 0 Å². The number of benzene rings is 1. The monoisotopic (exact) mass is 537 g/mol. The van der Waals surface area contributed by atoms with Gasteiger partial charge in [-0.15, -0.1) is 0 Å². The standard InChI is InChI=1S/C30H37F2N5O2/c1-19(35-12-23-14-36(15-24(23)13-35)28(39)26-20(2)33-18-34-21(26)3)9-29(25-7-5-4-6-8-25)16-37(17-29)27(38)22-10-30(31,32)11-22/h4-8,18-19,22-24H,9-17H2,1-3H3. The highest BCUT2D eigenvalue weighted by Crippen LogP contribution is 2.47. The van der Waals surface area contributed by atoms with Crippen LogP contribution in [0.4, 0.5) is 8.78 Å². The Balaban J connectivity index is 1.09. The number of aromatic nitrogens is 2. The Morgan fingerprint density at radius 1 is 0.949 bits per heavy atom. The highest BCUT2D eigenvalue weighted by molar-refractivity contribution is 5.96. The van der Waals surface area contributed by atoms with Gasteiger partial charge in [-0.05, 0) is 44.6 Å². The number of amides is 2. The Morgan fingerprint density at radius 2 is 1.54 bits per heavy atom. The maximum Gasteiger partial charge on any atom is 0.257 e. The predicted octanol–water partition coefficient (Wildman–Crippen LogP) is 3.70. The number of alkyl halides is 2. The summed E-state index contributed by atoms with van der Waals surface area (Å²) in [6, 6.07) is 10.6. The molecular formula is C30H37F2N5O2. The molecule has 0 radical (unpaired) electrons. The Hall–Kier alpha value is -2.94. The number of hydrogen-bond acceptors (Lipinski definition) is 5. The number of rotatable bonds is 6. The van der Waals surface area contributed by atoms with Crippen LogP contribution < -0.4 is 0 Å². The van der Waals surface area contributed by atoms with Crippen molar-refractivity contribution in [2.75, 3.05) is 39.3 Å². The van der Waals surface area contributed by atoms with Crippen molar-refractivity contribution in [2.24, 2.45) is 17.8 Å². The third-order valence-corrected chi connectivity index (χ3v) is 9.68. The summed E-state index contributed by atoms with van der Waals surface area (Å²) in [5, 5.41) is 0. The number of hydrogen-bond donors (Lipinski definition) is 0. The SMILES string of the molecule is Cc1ncnc(C)c1C(=O)N1CC2CN(C(C)CC3(c4ccccc4)CN(C(=O)C4CC(F)(F)C4)C3)CC2C1. The summed E-state index contributed by atoms with van der Waals surface area (Å²) in [5.41, 5.74) is 3.13. The first kappa shape index (κ1) is 26.3. The van der Waals surface area contributed by atoms with Crippen LogP contribution in [0.15, 0.2) is 36.7 Å². The number of nitrogens with zero attached hydrogens (tertiary/aromatic N) is 5. The molecule has 4 aliphatic rings. The lowest BCUT2D eigenvalue weighted by Gasteiger charge is -2.54. The summed E-state index contributed by atoms with van der Waals surface area (Å²) >= 11 is 0. The highest BCUT2D eigenvalue weighted by atomic mass is 19.3. The van der Waals surface area contributed by atoms with Crippen LogP contribution >= 0.6 is 0 Å². The smallest absolute Gasteiger partial charge is 0.257 e. The second-order valence-electron chi connectivity index (χ2n) is 12.5. The van der Waals surface area contributed by atoms with Gasteiger partial charge in [0.1, 0.15) is 6.33 Å². The molecule has 1 aliphatic carbocycles. The zero-order chi connectivity index (χ0) is 27.5. The molecule has 1 aromatic carbocycles. The normalized spacial score (nSPS) is 26.6. The van der Waals surface area contributed by atoms with Crippen molar-refractivity contribution in [1.82, 2.24) is 24.7 Å². The Kier molecular flexibility index (Phi) is 6.48. The maximum atomic E-state index is 13.4. The molecular weight excluding hydrogens is 500 g/mol. The lowest BCUT2D eigenvalue weighted by molar-refractivity contribution is -0.167. The van der Waals surface area contributed by atoms with E-state index >= 15 is 0 Å². The molecule has 1 aromatic heterocycles. The molecule has 2 amide bonds. The molecule has 0 spiro atoms. The first-order chi connectivity index (χ1) is 18.6. The molecule has 0 bridgehead atoms. The van der Waals surface area contributed by atoms with E-state index in [-0.39, 0.29) is 30.1 Å². The molecule has 2 aromatic rings. The second kappa shape index (κ2) is 9.61. The van der Waals surface area contributed by atoms with E-state index in [9.17, 15) is 18.4 Å². The third-order valence-electron chi connectivity index (χ3n) is 9.68. The largest absolute Gasteiger partial charge is 0.341 e. The minimum Gasteiger partial charge on any atom is -0.341 e. The quantitative estimate of drug-likeness (QED) is 0.562. The van der Waals surface area contributed by atoms with Crippen LogP contribution in [-0.4, -0.2) is 87.7 Å². The zero-order valence-electron chi connectivity index (χ0n) is 22.9. The number of aryl methyl sites for hydroxylation is 2. The molecule has 4 fully saturated rings. The molecule has 6 rings (SSSR count). The van der Waals surface area contributed by atoms with Crippen molar-refractivity contribution >= 4 is 11.8 Å². The van der Waals surface area contributed by atoms with Crippen LogP contribution in [0.25, 0.3) is 0 Å². The van der Waals surface area contributed by atoms with Crippen molar-refractivity contribution in [3.8, 4) is 0 Å². The van der Waals surface area contributed by atoms with Crippen molar-refractivity contribution in [3.63, 3.8) is 0 Å². The Bertz CT molecular complexity index is 1220. The van der Waals surface area contributed by atoms with Crippen LogP contribution in [0.3, 0.4) is 0 Å². The fraction of sp³-hybridized carbons (Fsp3) is 0.600. The summed E-state index contributed by atoms with van der Waals surface area (Å²) in [7, 11) is 0. The molecule has 9 heteroatoms. The predicted molar refractivity (Wildman–Crippen MR) is 142 cm³/mol. The second-order valence-corrected chi connectivity index (χ2v) is 12.5. The molecule has 7 nitrogen and oxygen atoms in total. The van der Waals surface area contributed by atoms with Crippen molar-refractivity contribution in [2.45, 2.75) is 57.4 Å². The van der Waals surface area contributed by atoms with Gasteiger partial charge in [-0.25, -0.2) is 18.7 Å². The molecule has 39 heavy (non-hydrogen) atoms. The summed E-state index contributed by atoms with van der Waals surface area (Å²) in [4.78, 5) is 40.9. The van der Waals surface area contributed by atoms with Crippen molar-refractivity contribution in [1.29, 1.82) is 0 Å². The minimum atomic E-state index is -2.68. The first-order valence-corrected chi connectivity index (χ1v) is 14.1. The van der Waals surface area contributed by atoms with E-state index in [1.165, 1.54) is 11.9 Å². The fourth-order valence-corrected chi connectivity index (χ4v) is 7.47. The number of halogens is 2. The summed E-state index contributed by atoms with van der Waals surface area (Å²) in [5.74, 6) is -2.43. The van der Waals surface area contributed by atoms with Crippen LogP contribution in [-0.2, 0) is 10.2 Å². The molecule has 3 saturated heterocycles. The van der Waals surface area contributed by atoms with Gasteiger partial charge < -0.3 is 9.80 Å². The summed E-state index contributed by atoms with van der Waals surface area (Å²) < 4.78 is 26.8. The van der Waals surface area contributed by atoms with Gasteiger partial charge in [-0.2, -0.15) is 0 Å². The average Bonchev–Trinajstić information content (AvgIpc) is 3.44. The molecule has 3 unspecified atom stereocenters. The highest BCUT2D eigenvalue weighted by Gasteiger charge is 2.55. The first-order valence-electron chi connectivity index (χ1n) is 14.1. The fourth-order valence-electron chi connectivity index (χ4n) is 7.47. The van der Waals surface area contributed by atoms with E-state index in [4.69, 9.17) is 0 Å². The number of fused-ring (bicyclic) bond motifs is 1. The number of carbonyl (C=O) groups excluding carboxylic acids is 2. The zero-order valence-corrected chi connectivity index (χ0v) is 22.9. The van der Waals surface area contributed by atoms with Gasteiger partial charge >= 0.3 is 0 Å². The minimum absolute atomic E-state index is 0.0334. The number of likely N-dealkylation sites (tertiary alicyclic amines) is 3. The molecule has 4 heterocycles. The Labute approximate surface area is 228 Å². The van der Waals surface area contributed by atoms with Gasteiger partial charge in [-0.1, -0.05) is 30.3 Å². The lowest BCUT2D eigenvalue weighted by atomic mass is 9.68. The van der Waals surface area contributed by atoms with Crippen LogP contribution in [0, 0.1) is 31.6 Å². The molecule has 0 N–H and O–H groups in total. The molecule has 3 aliphatic heterocycles. The van der Waals surface area contributed by atoms with Gasteiger partial charge in [0.2, 0.25) is 11.8 Å². The lowest BCUT2D eigenvalue weighted by Crippen LogP contribution is -2.65. The van der Waals surface area contributed by atoms with Crippen LogP contribution in [0.1, 0.15) is 53.5 Å². The van der Waals surface area contributed by atoms with Crippen molar-refractivity contribution in [3.05, 3.63) is 59.2 Å². The van der Waals surface area contributed by atoms with Gasteiger partial charge in [0, 0.05) is 69.5 Å². The van der Waals surface area contributed by atoms with E-state index in [0.717, 1.165) is 44.0 Å². The van der Waals surface area contributed by atoms with Gasteiger partial charge in [-0.3, -0.25) is 14.5 Å². The van der Waals surface area contributed by atoms with Gasteiger partial charge in [0.15, 0.2) is 0 Å². The van der Waals surface area contributed by atoms with E-state index in [0.29, 0.717) is 36.5 Å². The van der Waals surface area contributed by atoms with Crippen molar-refractivity contribution < 1.29 is 18.4 Å². The summed E-state index contributed by atoms with van der Waals surface area (Å²) in [6.07, 6.45) is 1.78. The third kappa shape index (κ3) is 4.72.